The van der Waals surface area contributed by atoms with Crippen molar-refractivity contribution >= 4 is 29.4 Å². The monoisotopic (exact) mass is 377 g/mol. The van der Waals surface area contributed by atoms with Gasteiger partial charge in [-0.3, -0.25) is 19.3 Å². The van der Waals surface area contributed by atoms with E-state index < -0.39 is 36.3 Å². The zero-order chi connectivity index (χ0) is 20.3. The molecule has 0 spiro atoms. The first kappa shape index (κ1) is 18.8. The van der Waals surface area contributed by atoms with E-state index in [4.69, 9.17) is 10.00 Å². The first-order chi connectivity index (χ1) is 13.4. The molecule has 8 nitrogen and oxygen atoms in total. The number of carbonyl (C=O) groups is 4. The molecule has 140 valence electrons. The van der Waals surface area contributed by atoms with Crippen molar-refractivity contribution in [2.24, 2.45) is 0 Å². The molecule has 2 aromatic carbocycles. The molecule has 0 bridgehead atoms. The van der Waals surface area contributed by atoms with Crippen molar-refractivity contribution in [1.29, 1.82) is 5.26 Å². The summed E-state index contributed by atoms with van der Waals surface area (Å²) in [4.78, 5) is 49.8. The molecule has 1 N–H and O–H groups in total. The van der Waals surface area contributed by atoms with E-state index in [9.17, 15) is 19.2 Å². The van der Waals surface area contributed by atoms with Gasteiger partial charge in [-0.2, -0.15) is 5.26 Å². The predicted octanol–water partition coefficient (Wildman–Crippen LogP) is 1.72. The fourth-order valence-electron chi connectivity index (χ4n) is 2.79. The average Bonchev–Trinajstić information content (AvgIpc) is 2.96. The zero-order valence-electron chi connectivity index (χ0n) is 14.8. The number of ether oxygens (including phenoxy) is 1. The number of rotatable bonds is 5. The second kappa shape index (κ2) is 7.72. The number of hydrogen-bond acceptors (Lipinski definition) is 6. The molecule has 8 heteroatoms. The van der Waals surface area contributed by atoms with E-state index in [0.29, 0.717) is 11.3 Å². The highest BCUT2D eigenvalue weighted by Gasteiger charge is 2.41. The van der Waals surface area contributed by atoms with E-state index in [1.54, 1.807) is 30.3 Å². The Morgan fingerprint density at radius 2 is 1.75 bits per heavy atom. The number of amides is 3. The van der Waals surface area contributed by atoms with Crippen molar-refractivity contribution in [3.05, 3.63) is 65.2 Å². The molecule has 1 aliphatic rings. The van der Waals surface area contributed by atoms with Gasteiger partial charge in [0.2, 0.25) is 0 Å². The summed E-state index contributed by atoms with van der Waals surface area (Å²) < 4.78 is 4.94. The number of benzene rings is 2. The van der Waals surface area contributed by atoms with Crippen molar-refractivity contribution < 1.29 is 23.9 Å². The van der Waals surface area contributed by atoms with Crippen LogP contribution in [0.15, 0.2) is 48.5 Å². The summed E-state index contributed by atoms with van der Waals surface area (Å²) in [6.45, 7) is 0.765. The maximum atomic E-state index is 12.4. The quantitative estimate of drug-likeness (QED) is 0.626. The van der Waals surface area contributed by atoms with Crippen LogP contribution in [0.4, 0.5) is 5.69 Å². The SMILES string of the molecule is C[C@H](C(=O)OCC(=O)Nc1cccc(C#N)c1)N1C(=O)c2ccccc2C1=O. The molecule has 0 saturated heterocycles. The summed E-state index contributed by atoms with van der Waals surface area (Å²) in [5.74, 6) is -2.65. The van der Waals surface area contributed by atoms with Crippen LogP contribution in [-0.2, 0) is 14.3 Å². The van der Waals surface area contributed by atoms with Gasteiger partial charge in [0.25, 0.3) is 17.7 Å². The minimum absolute atomic E-state index is 0.224. The van der Waals surface area contributed by atoms with Crippen molar-refractivity contribution in [3.63, 3.8) is 0 Å². The highest BCUT2D eigenvalue weighted by atomic mass is 16.5. The van der Waals surface area contributed by atoms with E-state index in [0.717, 1.165) is 4.90 Å². The van der Waals surface area contributed by atoms with E-state index >= 15 is 0 Å². The summed E-state index contributed by atoms with van der Waals surface area (Å²) in [5.41, 5.74) is 1.20. The Hall–Kier alpha value is -3.99. The molecule has 1 heterocycles. The molecule has 0 unspecified atom stereocenters. The van der Waals surface area contributed by atoms with Crippen molar-refractivity contribution in [1.82, 2.24) is 4.90 Å². The molecule has 0 radical (unpaired) electrons. The van der Waals surface area contributed by atoms with Gasteiger partial charge >= 0.3 is 5.97 Å². The van der Waals surface area contributed by atoms with Gasteiger partial charge in [-0.25, -0.2) is 4.79 Å². The van der Waals surface area contributed by atoms with Gasteiger partial charge in [0.1, 0.15) is 6.04 Å². The molecule has 28 heavy (non-hydrogen) atoms. The Balaban J connectivity index is 1.59. The first-order valence-corrected chi connectivity index (χ1v) is 8.36. The smallest absolute Gasteiger partial charge is 0.329 e. The molecular formula is C20H15N3O5. The largest absolute Gasteiger partial charge is 0.454 e. The fraction of sp³-hybridized carbons (Fsp3) is 0.150. The lowest BCUT2D eigenvalue weighted by molar-refractivity contribution is -0.150. The van der Waals surface area contributed by atoms with Gasteiger partial charge in [0.05, 0.1) is 22.8 Å². The second-order valence-electron chi connectivity index (χ2n) is 6.05. The summed E-state index contributed by atoms with van der Waals surface area (Å²) in [6, 6.07) is 13.3. The number of anilines is 1. The van der Waals surface area contributed by atoms with Crippen LogP contribution in [0.25, 0.3) is 0 Å². The third-order valence-corrected chi connectivity index (χ3v) is 4.17. The van der Waals surface area contributed by atoms with Crippen LogP contribution in [0.2, 0.25) is 0 Å². The Labute approximate surface area is 160 Å². The van der Waals surface area contributed by atoms with Crippen LogP contribution < -0.4 is 5.32 Å². The number of carbonyl (C=O) groups excluding carboxylic acids is 4. The number of nitriles is 1. The van der Waals surface area contributed by atoms with Gasteiger partial charge in [-0.05, 0) is 37.3 Å². The van der Waals surface area contributed by atoms with Crippen LogP contribution in [0.1, 0.15) is 33.2 Å². The lowest BCUT2D eigenvalue weighted by atomic mass is 10.1. The van der Waals surface area contributed by atoms with Crippen LogP contribution in [0.3, 0.4) is 0 Å². The van der Waals surface area contributed by atoms with E-state index in [1.165, 1.54) is 25.1 Å². The van der Waals surface area contributed by atoms with Crippen LogP contribution in [0.5, 0.6) is 0 Å². The molecule has 0 saturated carbocycles. The van der Waals surface area contributed by atoms with Gasteiger partial charge < -0.3 is 10.1 Å². The number of esters is 1. The molecule has 0 aliphatic carbocycles. The third-order valence-electron chi connectivity index (χ3n) is 4.17. The molecule has 1 aliphatic heterocycles. The zero-order valence-corrected chi connectivity index (χ0v) is 14.8. The maximum Gasteiger partial charge on any atom is 0.329 e. The van der Waals surface area contributed by atoms with E-state index in [1.807, 2.05) is 6.07 Å². The summed E-state index contributed by atoms with van der Waals surface area (Å²) in [7, 11) is 0. The summed E-state index contributed by atoms with van der Waals surface area (Å²) in [5, 5.41) is 11.4. The molecule has 3 amide bonds. The maximum absolute atomic E-state index is 12.4. The van der Waals surface area contributed by atoms with E-state index in [2.05, 4.69) is 5.32 Å². The van der Waals surface area contributed by atoms with Gasteiger partial charge in [-0.15, -0.1) is 0 Å². The third kappa shape index (κ3) is 3.59. The molecule has 3 rings (SSSR count). The first-order valence-electron chi connectivity index (χ1n) is 8.36. The van der Waals surface area contributed by atoms with Crippen molar-refractivity contribution in [2.75, 3.05) is 11.9 Å². The van der Waals surface area contributed by atoms with E-state index in [-0.39, 0.29) is 11.1 Å². The topological polar surface area (TPSA) is 117 Å². The Morgan fingerprint density at radius 1 is 1.11 bits per heavy atom. The Morgan fingerprint density at radius 3 is 2.36 bits per heavy atom. The lowest BCUT2D eigenvalue weighted by Crippen LogP contribution is -2.44. The summed E-state index contributed by atoms with van der Waals surface area (Å²) in [6.07, 6.45) is 0. The molecule has 2 aromatic rings. The van der Waals surface area contributed by atoms with Crippen molar-refractivity contribution in [3.8, 4) is 6.07 Å². The molecule has 0 aromatic heterocycles. The predicted molar refractivity (Wildman–Crippen MR) is 97.1 cm³/mol. The fourth-order valence-corrected chi connectivity index (χ4v) is 2.79. The molecule has 1 atom stereocenters. The minimum atomic E-state index is -1.18. The van der Waals surface area contributed by atoms with Crippen LogP contribution in [0, 0.1) is 11.3 Å². The second-order valence-corrected chi connectivity index (χ2v) is 6.05. The van der Waals surface area contributed by atoms with Gasteiger partial charge in [-0.1, -0.05) is 18.2 Å². The van der Waals surface area contributed by atoms with Gasteiger partial charge in [0.15, 0.2) is 6.61 Å². The molecule has 0 fully saturated rings. The Kier molecular flexibility index (Phi) is 5.18. The van der Waals surface area contributed by atoms with Crippen LogP contribution in [-0.4, -0.2) is 41.2 Å². The normalized spacial score (nSPS) is 13.5. The van der Waals surface area contributed by atoms with Crippen LogP contribution >= 0.6 is 0 Å². The Bertz CT molecular complexity index is 989. The number of nitrogens with zero attached hydrogens (tertiary/aromatic N) is 2. The standard InChI is InChI=1S/C20H15N3O5/c1-12(23-18(25)15-7-2-3-8-16(15)19(23)26)20(27)28-11-17(24)22-14-6-4-5-13(9-14)10-21/h2-9,12H,11H2,1H3,(H,22,24)/t12-/m1/s1. The minimum Gasteiger partial charge on any atom is -0.454 e. The average molecular weight is 377 g/mol. The summed E-state index contributed by atoms with van der Waals surface area (Å²) >= 11 is 0. The highest BCUT2D eigenvalue weighted by molar-refractivity contribution is 6.22. The van der Waals surface area contributed by atoms with Gasteiger partial charge in [0, 0.05) is 5.69 Å². The highest BCUT2D eigenvalue weighted by Crippen LogP contribution is 2.24. The lowest BCUT2D eigenvalue weighted by Gasteiger charge is -2.20. The number of nitrogens with one attached hydrogen (secondary N) is 1. The molecular weight excluding hydrogens is 362 g/mol. The number of imide groups is 1. The number of fused-ring (bicyclic) bond motifs is 1. The van der Waals surface area contributed by atoms with Crippen molar-refractivity contribution in [2.45, 2.75) is 13.0 Å². The number of hydrogen-bond donors (Lipinski definition) is 1.